The number of hydrogen-bond acceptors (Lipinski definition) is 8. The lowest BCUT2D eigenvalue weighted by Crippen LogP contribution is -2.48. The van der Waals surface area contributed by atoms with E-state index in [9.17, 15) is 21.6 Å². The van der Waals surface area contributed by atoms with E-state index >= 15 is 0 Å². The molecule has 4 rings (SSSR count). The number of ether oxygens (including phenoxy) is 1. The first kappa shape index (κ1) is 21.0. The number of nitrogens with zero attached hydrogens (tertiary/aromatic N) is 7. The van der Waals surface area contributed by atoms with Crippen LogP contribution in [0.2, 0.25) is 0 Å². The molecule has 0 saturated carbocycles. The molecular weight excluding hydrogens is 439 g/mol. The lowest BCUT2D eigenvalue weighted by Gasteiger charge is -2.34. The van der Waals surface area contributed by atoms with Gasteiger partial charge in [-0.3, -0.25) is 0 Å². The highest BCUT2D eigenvalue weighted by Crippen LogP contribution is 2.26. The van der Waals surface area contributed by atoms with Gasteiger partial charge in [-0.2, -0.15) is 9.40 Å². The predicted octanol–water partition coefficient (Wildman–Crippen LogP) is 1.47. The zero-order chi connectivity index (χ0) is 22.1. The first-order chi connectivity index (χ1) is 14.7. The molecule has 10 nitrogen and oxygen atoms in total. The summed E-state index contributed by atoms with van der Waals surface area (Å²) in [4.78, 5) is 14.0. The van der Waals surface area contributed by atoms with Gasteiger partial charge < -0.3 is 9.64 Å². The van der Waals surface area contributed by atoms with Crippen molar-refractivity contribution in [3.8, 4) is 11.6 Å². The fourth-order valence-electron chi connectivity index (χ4n) is 3.08. The van der Waals surface area contributed by atoms with E-state index in [0.717, 1.165) is 24.3 Å². The van der Waals surface area contributed by atoms with E-state index in [-0.39, 0.29) is 18.0 Å². The van der Waals surface area contributed by atoms with Gasteiger partial charge in [-0.1, -0.05) is 0 Å². The average Bonchev–Trinajstić information content (AvgIpc) is 3.28. The molecule has 2 aromatic heterocycles. The maximum Gasteiger partial charge on any atom is 0.573 e. The minimum atomic E-state index is -4.84. The molecule has 0 aliphatic carbocycles. The number of anilines is 1. The standard InChI is InChI=1S/C17H16F3N7O3S/c18-17(19,20)30-13-1-3-14(4-2-13)31(28,29)26-7-5-25(6-8-26)15-9-16(23-11-22-15)27-12-21-10-24-27/h1-4,9-12H,5-8H2. The number of piperazine rings is 1. The van der Waals surface area contributed by atoms with Gasteiger partial charge in [0.2, 0.25) is 10.0 Å². The molecule has 31 heavy (non-hydrogen) atoms. The summed E-state index contributed by atoms with van der Waals surface area (Å²) in [7, 11) is -3.86. The summed E-state index contributed by atoms with van der Waals surface area (Å²) in [5, 5.41) is 4.01. The minimum absolute atomic E-state index is 0.106. The van der Waals surface area contributed by atoms with E-state index in [1.54, 1.807) is 6.07 Å². The predicted molar refractivity (Wildman–Crippen MR) is 101 cm³/mol. The third-order valence-corrected chi connectivity index (χ3v) is 6.46. The van der Waals surface area contributed by atoms with E-state index in [1.807, 2.05) is 4.90 Å². The van der Waals surface area contributed by atoms with E-state index in [4.69, 9.17) is 0 Å². The van der Waals surface area contributed by atoms with Crippen LogP contribution in [-0.4, -0.2) is 70.0 Å². The highest BCUT2D eigenvalue weighted by Gasteiger charge is 2.32. The molecule has 0 spiro atoms. The van der Waals surface area contributed by atoms with Crippen molar-refractivity contribution in [2.75, 3.05) is 31.1 Å². The Morgan fingerprint density at radius 2 is 1.61 bits per heavy atom. The number of alkyl halides is 3. The molecule has 3 aromatic rings. The molecule has 0 atom stereocenters. The first-order valence-electron chi connectivity index (χ1n) is 9.00. The third kappa shape index (κ3) is 4.74. The van der Waals surface area contributed by atoms with E-state index in [2.05, 4.69) is 24.8 Å². The summed E-state index contributed by atoms with van der Waals surface area (Å²) >= 11 is 0. The minimum Gasteiger partial charge on any atom is -0.406 e. The molecule has 164 valence electrons. The fourth-order valence-corrected chi connectivity index (χ4v) is 4.50. The van der Waals surface area contributed by atoms with Crippen molar-refractivity contribution in [2.45, 2.75) is 11.3 Å². The van der Waals surface area contributed by atoms with Crippen LogP contribution < -0.4 is 9.64 Å². The Kier molecular flexibility index (Phi) is 5.49. The second-order valence-electron chi connectivity index (χ2n) is 6.48. The SMILES string of the molecule is O=S(=O)(c1ccc(OC(F)(F)F)cc1)N1CCN(c2cc(-n3cncn3)ncn2)CC1. The first-order valence-corrected chi connectivity index (χ1v) is 10.4. The van der Waals surface area contributed by atoms with Crippen molar-refractivity contribution in [1.29, 1.82) is 0 Å². The van der Waals surface area contributed by atoms with Gasteiger partial charge in [-0.05, 0) is 24.3 Å². The van der Waals surface area contributed by atoms with Gasteiger partial charge in [0.05, 0.1) is 4.90 Å². The number of rotatable bonds is 5. The Bertz CT molecular complexity index is 1130. The number of benzene rings is 1. The second-order valence-corrected chi connectivity index (χ2v) is 8.42. The lowest BCUT2D eigenvalue weighted by molar-refractivity contribution is -0.274. The van der Waals surface area contributed by atoms with Crippen molar-refractivity contribution < 1.29 is 26.3 Å². The van der Waals surface area contributed by atoms with Crippen molar-refractivity contribution in [3.05, 3.63) is 49.3 Å². The Labute approximate surface area is 175 Å². The molecular formula is C17H16F3N7O3S. The van der Waals surface area contributed by atoms with Crippen LogP contribution in [0.3, 0.4) is 0 Å². The van der Waals surface area contributed by atoms with Crippen LogP contribution in [-0.2, 0) is 10.0 Å². The Morgan fingerprint density at radius 3 is 2.23 bits per heavy atom. The van der Waals surface area contributed by atoms with Crippen LogP contribution in [0.4, 0.5) is 19.0 Å². The molecule has 0 amide bonds. The topological polar surface area (TPSA) is 106 Å². The molecule has 3 heterocycles. The van der Waals surface area contributed by atoms with Crippen molar-refractivity contribution >= 4 is 15.8 Å². The smallest absolute Gasteiger partial charge is 0.406 e. The highest BCUT2D eigenvalue weighted by atomic mass is 32.2. The second kappa shape index (κ2) is 8.11. The summed E-state index contributed by atoms with van der Waals surface area (Å²) in [6.07, 6.45) is -0.569. The molecule has 0 radical (unpaired) electrons. The average molecular weight is 455 g/mol. The summed E-state index contributed by atoms with van der Waals surface area (Å²) in [6.45, 7) is 1.13. The Balaban J connectivity index is 1.43. The number of aromatic nitrogens is 5. The zero-order valence-electron chi connectivity index (χ0n) is 15.8. The van der Waals surface area contributed by atoms with Gasteiger partial charge in [-0.15, -0.1) is 13.2 Å². The summed E-state index contributed by atoms with van der Waals surface area (Å²) in [5.41, 5.74) is 0. The van der Waals surface area contributed by atoms with Crippen LogP contribution >= 0.6 is 0 Å². The van der Waals surface area contributed by atoms with E-state index in [1.165, 1.54) is 28.0 Å². The maximum absolute atomic E-state index is 12.8. The van der Waals surface area contributed by atoms with Crippen molar-refractivity contribution in [2.24, 2.45) is 0 Å². The molecule has 0 bridgehead atoms. The normalized spacial score (nSPS) is 15.8. The summed E-state index contributed by atoms with van der Waals surface area (Å²) < 4.78 is 69.0. The largest absolute Gasteiger partial charge is 0.573 e. The van der Waals surface area contributed by atoms with Crippen molar-refractivity contribution in [1.82, 2.24) is 29.0 Å². The van der Waals surface area contributed by atoms with Gasteiger partial charge >= 0.3 is 6.36 Å². The van der Waals surface area contributed by atoms with E-state index < -0.39 is 22.1 Å². The van der Waals surface area contributed by atoms with Crippen LogP contribution in [0.5, 0.6) is 5.75 Å². The molecule has 14 heteroatoms. The van der Waals surface area contributed by atoms with Crippen LogP contribution in [0, 0.1) is 0 Å². The van der Waals surface area contributed by atoms with Gasteiger partial charge in [-0.25, -0.2) is 28.1 Å². The molecule has 0 unspecified atom stereocenters. The molecule has 1 aromatic carbocycles. The molecule has 1 aliphatic rings. The molecule has 1 fully saturated rings. The zero-order valence-corrected chi connectivity index (χ0v) is 16.7. The Hall–Kier alpha value is -3.26. The molecule has 1 saturated heterocycles. The maximum atomic E-state index is 12.8. The summed E-state index contributed by atoms with van der Waals surface area (Å²) in [6, 6.07) is 5.86. The number of halogens is 3. The number of hydrogen-bond donors (Lipinski definition) is 0. The molecule has 1 aliphatic heterocycles. The molecule has 0 N–H and O–H groups in total. The van der Waals surface area contributed by atoms with E-state index in [0.29, 0.717) is 24.7 Å². The third-order valence-electron chi connectivity index (χ3n) is 4.55. The fraction of sp³-hybridized carbons (Fsp3) is 0.294. The Morgan fingerprint density at radius 1 is 0.935 bits per heavy atom. The van der Waals surface area contributed by atoms with Crippen LogP contribution in [0.15, 0.2) is 54.2 Å². The highest BCUT2D eigenvalue weighted by molar-refractivity contribution is 7.89. The quantitative estimate of drug-likeness (QED) is 0.570. The van der Waals surface area contributed by atoms with Gasteiger partial charge in [0, 0.05) is 32.2 Å². The van der Waals surface area contributed by atoms with Gasteiger partial charge in [0.25, 0.3) is 0 Å². The van der Waals surface area contributed by atoms with Crippen LogP contribution in [0.25, 0.3) is 5.82 Å². The van der Waals surface area contributed by atoms with Gasteiger partial charge in [0.1, 0.15) is 30.5 Å². The van der Waals surface area contributed by atoms with Gasteiger partial charge in [0.15, 0.2) is 5.82 Å². The number of sulfonamides is 1. The monoisotopic (exact) mass is 455 g/mol. The summed E-state index contributed by atoms with van der Waals surface area (Å²) in [5.74, 6) is 0.660. The lowest BCUT2D eigenvalue weighted by atomic mass is 10.3. The van der Waals surface area contributed by atoms with Crippen LogP contribution in [0.1, 0.15) is 0 Å². The van der Waals surface area contributed by atoms with Crippen molar-refractivity contribution in [3.63, 3.8) is 0 Å².